The Labute approximate surface area is 135 Å². The van der Waals surface area contributed by atoms with Gasteiger partial charge in [0.05, 0.1) is 5.56 Å². The van der Waals surface area contributed by atoms with E-state index < -0.39 is 0 Å². The molecule has 0 aliphatic heterocycles. The van der Waals surface area contributed by atoms with Gasteiger partial charge in [-0.15, -0.1) is 0 Å². The first kappa shape index (κ1) is 14.2. The zero-order chi connectivity index (χ0) is 15.0. The molecule has 2 N–H and O–H groups in total. The molecule has 3 aromatic rings. The van der Waals surface area contributed by atoms with Crippen molar-refractivity contribution in [3.63, 3.8) is 0 Å². The van der Waals surface area contributed by atoms with Crippen molar-refractivity contribution in [3.8, 4) is 22.4 Å². The Hall–Kier alpha value is -1.78. The number of halogens is 2. The van der Waals surface area contributed by atoms with Crippen molar-refractivity contribution in [3.05, 3.63) is 57.5 Å². The summed E-state index contributed by atoms with van der Waals surface area (Å²) in [5, 5.41) is 4.76. The van der Waals surface area contributed by atoms with Crippen LogP contribution in [-0.4, -0.2) is 5.16 Å². The van der Waals surface area contributed by atoms with Gasteiger partial charge in [-0.1, -0.05) is 50.9 Å². The van der Waals surface area contributed by atoms with Crippen LogP contribution in [0.1, 0.15) is 5.56 Å². The van der Waals surface area contributed by atoms with Crippen LogP contribution in [0.15, 0.2) is 51.5 Å². The molecular weight excluding hydrogens is 352 g/mol. The molecule has 0 amide bonds. The second-order valence-electron chi connectivity index (χ2n) is 4.77. The Morgan fingerprint density at radius 1 is 1.19 bits per heavy atom. The Morgan fingerprint density at radius 2 is 1.95 bits per heavy atom. The van der Waals surface area contributed by atoms with Crippen LogP contribution in [0.4, 0.5) is 5.88 Å². The van der Waals surface area contributed by atoms with E-state index in [1.54, 1.807) is 0 Å². The van der Waals surface area contributed by atoms with E-state index in [0.717, 1.165) is 26.7 Å². The number of hydrogen-bond acceptors (Lipinski definition) is 3. The lowest BCUT2D eigenvalue weighted by molar-refractivity contribution is 0.439. The molecule has 1 aromatic heterocycles. The lowest BCUT2D eigenvalue weighted by Crippen LogP contribution is -1.89. The SMILES string of the molecule is Cc1cc(Cl)cc(-c2noc(N)c2-c2ccccc2Br)c1. The Morgan fingerprint density at radius 3 is 2.67 bits per heavy atom. The average Bonchev–Trinajstić information content (AvgIpc) is 2.80. The molecule has 2 aromatic carbocycles. The minimum atomic E-state index is 0.287. The van der Waals surface area contributed by atoms with Crippen LogP contribution in [0, 0.1) is 6.92 Å². The summed E-state index contributed by atoms with van der Waals surface area (Å²) >= 11 is 9.67. The highest BCUT2D eigenvalue weighted by molar-refractivity contribution is 9.10. The minimum absolute atomic E-state index is 0.287. The molecule has 0 aliphatic rings. The molecule has 0 radical (unpaired) electrons. The van der Waals surface area contributed by atoms with Gasteiger partial charge in [0, 0.05) is 20.6 Å². The maximum absolute atomic E-state index is 6.14. The van der Waals surface area contributed by atoms with E-state index in [4.69, 9.17) is 21.9 Å². The standard InChI is InChI=1S/C16H12BrClN2O/c1-9-6-10(8-11(18)7-9)15-14(16(19)21-20-15)12-4-2-3-5-13(12)17/h2-8H,19H2,1H3. The number of nitrogens with zero attached hydrogens (tertiary/aromatic N) is 1. The molecule has 106 valence electrons. The quantitative estimate of drug-likeness (QED) is 0.671. The molecule has 5 heteroatoms. The summed E-state index contributed by atoms with van der Waals surface area (Å²) in [6, 6.07) is 13.6. The van der Waals surface area contributed by atoms with Crippen molar-refractivity contribution >= 4 is 33.4 Å². The van der Waals surface area contributed by atoms with Gasteiger partial charge in [0.25, 0.3) is 0 Å². The largest absolute Gasteiger partial charge is 0.367 e. The van der Waals surface area contributed by atoms with Gasteiger partial charge >= 0.3 is 0 Å². The first-order valence-electron chi connectivity index (χ1n) is 6.34. The number of aromatic nitrogens is 1. The lowest BCUT2D eigenvalue weighted by atomic mass is 10.00. The van der Waals surface area contributed by atoms with Gasteiger partial charge in [0.15, 0.2) is 0 Å². The smallest absolute Gasteiger partial charge is 0.230 e. The highest BCUT2D eigenvalue weighted by Gasteiger charge is 2.19. The fourth-order valence-corrected chi connectivity index (χ4v) is 3.07. The fourth-order valence-electron chi connectivity index (χ4n) is 2.30. The van der Waals surface area contributed by atoms with Gasteiger partial charge in [-0.3, -0.25) is 0 Å². The molecule has 21 heavy (non-hydrogen) atoms. The van der Waals surface area contributed by atoms with E-state index in [9.17, 15) is 0 Å². The lowest BCUT2D eigenvalue weighted by Gasteiger charge is -2.06. The molecule has 0 spiro atoms. The summed E-state index contributed by atoms with van der Waals surface area (Å²) < 4.78 is 6.13. The van der Waals surface area contributed by atoms with Crippen LogP contribution in [0.2, 0.25) is 5.02 Å². The van der Waals surface area contributed by atoms with E-state index in [2.05, 4.69) is 21.1 Å². The number of nitrogen functional groups attached to an aromatic ring is 1. The van der Waals surface area contributed by atoms with E-state index in [1.807, 2.05) is 49.4 Å². The van der Waals surface area contributed by atoms with Gasteiger partial charge in [-0.25, -0.2) is 0 Å². The molecule has 3 rings (SSSR count). The number of anilines is 1. The third-order valence-corrected chi connectivity index (χ3v) is 4.09. The predicted octanol–water partition coefficient (Wildman–Crippen LogP) is 5.32. The highest BCUT2D eigenvalue weighted by Crippen LogP contribution is 2.40. The third kappa shape index (κ3) is 2.69. The Balaban J connectivity index is 2.24. The molecule has 0 unspecified atom stereocenters. The maximum atomic E-state index is 6.14. The van der Waals surface area contributed by atoms with Crippen LogP contribution >= 0.6 is 27.5 Å². The molecule has 0 atom stereocenters. The number of aryl methyl sites for hydroxylation is 1. The number of hydrogen-bond donors (Lipinski definition) is 1. The van der Waals surface area contributed by atoms with Crippen LogP contribution < -0.4 is 5.73 Å². The second-order valence-corrected chi connectivity index (χ2v) is 6.06. The summed E-state index contributed by atoms with van der Waals surface area (Å²) in [6.07, 6.45) is 0. The Kier molecular flexibility index (Phi) is 3.74. The first-order valence-corrected chi connectivity index (χ1v) is 7.51. The van der Waals surface area contributed by atoms with Gasteiger partial charge in [-0.05, 0) is 36.8 Å². The Bertz CT molecular complexity index is 794. The topological polar surface area (TPSA) is 52.0 Å². The van der Waals surface area contributed by atoms with Crippen molar-refractivity contribution in [2.24, 2.45) is 0 Å². The van der Waals surface area contributed by atoms with Crippen LogP contribution in [-0.2, 0) is 0 Å². The molecule has 0 bridgehead atoms. The monoisotopic (exact) mass is 362 g/mol. The van der Waals surface area contributed by atoms with Crippen molar-refractivity contribution in [1.82, 2.24) is 5.16 Å². The summed E-state index contributed by atoms with van der Waals surface area (Å²) in [5.74, 6) is 0.287. The molecule has 0 aliphatic carbocycles. The normalized spacial score (nSPS) is 10.8. The van der Waals surface area contributed by atoms with Crippen molar-refractivity contribution in [2.75, 3.05) is 5.73 Å². The minimum Gasteiger partial charge on any atom is -0.367 e. The van der Waals surface area contributed by atoms with E-state index in [1.165, 1.54) is 0 Å². The van der Waals surface area contributed by atoms with Crippen LogP contribution in [0.25, 0.3) is 22.4 Å². The highest BCUT2D eigenvalue weighted by atomic mass is 79.9. The van der Waals surface area contributed by atoms with E-state index in [0.29, 0.717) is 10.7 Å². The molecule has 0 fully saturated rings. The molecule has 3 nitrogen and oxygen atoms in total. The fraction of sp³-hybridized carbons (Fsp3) is 0.0625. The zero-order valence-electron chi connectivity index (χ0n) is 11.2. The van der Waals surface area contributed by atoms with Crippen LogP contribution in [0.5, 0.6) is 0 Å². The number of nitrogens with two attached hydrogens (primary N) is 1. The first-order chi connectivity index (χ1) is 10.1. The van der Waals surface area contributed by atoms with Crippen molar-refractivity contribution in [2.45, 2.75) is 6.92 Å². The summed E-state index contributed by atoms with van der Waals surface area (Å²) in [6.45, 7) is 1.98. The molecule has 0 saturated carbocycles. The van der Waals surface area contributed by atoms with E-state index in [-0.39, 0.29) is 5.88 Å². The molecule has 0 saturated heterocycles. The summed E-state index contributed by atoms with van der Waals surface area (Å²) in [7, 11) is 0. The van der Waals surface area contributed by atoms with Gasteiger partial charge in [-0.2, -0.15) is 0 Å². The van der Waals surface area contributed by atoms with Gasteiger partial charge in [0.2, 0.25) is 5.88 Å². The van der Waals surface area contributed by atoms with Crippen molar-refractivity contribution in [1.29, 1.82) is 0 Å². The average molecular weight is 364 g/mol. The van der Waals surface area contributed by atoms with Crippen LogP contribution in [0.3, 0.4) is 0 Å². The number of benzene rings is 2. The summed E-state index contributed by atoms with van der Waals surface area (Å²) in [5.41, 5.74) is 10.3. The number of rotatable bonds is 2. The maximum Gasteiger partial charge on any atom is 0.230 e. The van der Waals surface area contributed by atoms with Gasteiger partial charge < -0.3 is 10.3 Å². The van der Waals surface area contributed by atoms with E-state index >= 15 is 0 Å². The molecular formula is C16H12BrClN2O. The van der Waals surface area contributed by atoms with Crippen molar-refractivity contribution < 1.29 is 4.52 Å². The summed E-state index contributed by atoms with van der Waals surface area (Å²) in [4.78, 5) is 0. The predicted molar refractivity (Wildman–Crippen MR) is 89.2 cm³/mol. The molecule has 1 heterocycles. The van der Waals surface area contributed by atoms with Gasteiger partial charge in [0.1, 0.15) is 5.69 Å². The zero-order valence-corrected chi connectivity index (χ0v) is 13.6. The third-order valence-electron chi connectivity index (χ3n) is 3.18. The second kappa shape index (κ2) is 5.54.